The molecule has 6 heteroatoms. The van der Waals surface area contributed by atoms with E-state index in [1.807, 2.05) is 14.0 Å². The van der Waals surface area contributed by atoms with Gasteiger partial charge in [-0.15, -0.1) is 6.58 Å². The zero-order valence-corrected chi connectivity index (χ0v) is 14.0. The van der Waals surface area contributed by atoms with Crippen molar-refractivity contribution in [3.05, 3.63) is 40.9 Å². The van der Waals surface area contributed by atoms with E-state index < -0.39 is 10.0 Å². The van der Waals surface area contributed by atoms with Crippen molar-refractivity contribution < 1.29 is 8.42 Å². The molecule has 0 aromatic heterocycles. The molecule has 21 heavy (non-hydrogen) atoms. The number of benzene rings is 1. The van der Waals surface area contributed by atoms with E-state index in [0.717, 1.165) is 24.0 Å². The van der Waals surface area contributed by atoms with Crippen molar-refractivity contribution in [2.24, 2.45) is 0 Å². The van der Waals surface area contributed by atoms with Gasteiger partial charge in [0.15, 0.2) is 0 Å². The standard InChI is InChI=1S/C15H21ClN2O2S/c1-4-7-18(14-5-6-14)21(19,20)15-9-13(16)8-12(10-17-3)11(15)2/h4,8-9,14,17H,1,5-7,10H2,2-3H3. The monoisotopic (exact) mass is 328 g/mol. The number of sulfonamides is 1. The lowest BCUT2D eigenvalue weighted by molar-refractivity contribution is 0.435. The number of hydrogen-bond donors (Lipinski definition) is 1. The largest absolute Gasteiger partial charge is 0.316 e. The summed E-state index contributed by atoms with van der Waals surface area (Å²) in [6.07, 6.45) is 3.45. The van der Waals surface area contributed by atoms with Gasteiger partial charge >= 0.3 is 0 Å². The maximum atomic E-state index is 12.9. The van der Waals surface area contributed by atoms with Crippen molar-refractivity contribution in [2.75, 3.05) is 13.6 Å². The lowest BCUT2D eigenvalue weighted by Gasteiger charge is -2.22. The van der Waals surface area contributed by atoms with Crippen LogP contribution >= 0.6 is 11.6 Å². The van der Waals surface area contributed by atoms with Crippen LogP contribution in [0.25, 0.3) is 0 Å². The number of hydrogen-bond acceptors (Lipinski definition) is 3. The Labute approximate surface area is 131 Å². The second-order valence-corrected chi connectivity index (χ2v) is 7.61. The van der Waals surface area contributed by atoms with Gasteiger partial charge < -0.3 is 5.32 Å². The van der Waals surface area contributed by atoms with E-state index in [-0.39, 0.29) is 6.04 Å². The van der Waals surface area contributed by atoms with Gasteiger partial charge in [-0.05, 0) is 50.1 Å². The Hall–Kier alpha value is -0.880. The average Bonchev–Trinajstić information content (AvgIpc) is 3.24. The molecule has 1 fully saturated rings. The van der Waals surface area contributed by atoms with Crippen LogP contribution in [0.15, 0.2) is 29.7 Å². The molecule has 0 heterocycles. The molecule has 0 saturated heterocycles. The molecular weight excluding hydrogens is 308 g/mol. The predicted octanol–water partition coefficient (Wildman–Crippen LogP) is 2.71. The van der Waals surface area contributed by atoms with Gasteiger partial charge in [0, 0.05) is 24.2 Å². The van der Waals surface area contributed by atoms with Crippen LogP contribution < -0.4 is 5.32 Å². The number of nitrogens with one attached hydrogen (secondary N) is 1. The first-order valence-corrected chi connectivity index (χ1v) is 8.80. The smallest absolute Gasteiger partial charge is 0.243 e. The van der Waals surface area contributed by atoms with Crippen LogP contribution in [0.2, 0.25) is 5.02 Å². The molecule has 0 bridgehead atoms. The van der Waals surface area contributed by atoms with Gasteiger partial charge in [0.25, 0.3) is 0 Å². The summed E-state index contributed by atoms with van der Waals surface area (Å²) >= 11 is 6.11. The second kappa shape index (κ2) is 6.48. The Balaban J connectivity index is 2.50. The Morgan fingerprint density at radius 1 is 1.48 bits per heavy atom. The third kappa shape index (κ3) is 3.48. The van der Waals surface area contributed by atoms with Crippen LogP contribution in [0.1, 0.15) is 24.0 Å². The molecule has 1 aromatic rings. The third-order valence-electron chi connectivity index (χ3n) is 3.65. The average molecular weight is 329 g/mol. The molecule has 0 radical (unpaired) electrons. The molecule has 1 saturated carbocycles. The van der Waals surface area contributed by atoms with Gasteiger partial charge in [0.05, 0.1) is 4.90 Å². The van der Waals surface area contributed by atoms with Crippen LogP contribution in [0.3, 0.4) is 0 Å². The van der Waals surface area contributed by atoms with Crippen LogP contribution in [0.5, 0.6) is 0 Å². The van der Waals surface area contributed by atoms with E-state index in [9.17, 15) is 8.42 Å². The quantitative estimate of drug-likeness (QED) is 0.783. The zero-order chi connectivity index (χ0) is 15.6. The zero-order valence-electron chi connectivity index (χ0n) is 12.4. The maximum Gasteiger partial charge on any atom is 0.243 e. The van der Waals surface area contributed by atoms with E-state index in [4.69, 9.17) is 11.6 Å². The Morgan fingerprint density at radius 2 is 2.14 bits per heavy atom. The summed E-state index contributed by atoms with van der Waals surface area (Å²) in [6.45, 7) is 6.41. The highest BCUT2D eigenvalue weighted by Crippen LogP contribution is 2.34. The molecule has 1 aromatic carbocycles. The van der Waals surface area contributed by atoms with E-state index in [1.165, 1.54) is 4.31 Å². The van der Waals surface area contributed by atoms with Gasteiger partial charge in [-0.3, -0.25) is 0 Å². The summed E-state index contributed by atoms with van der Waals surface area (Å²) in [5.74, 6) is 0. The molecule has 0 aliphatic heterocycles. The Kier molecular flexibility index (Phi) is 5.09. The lowest BCUT2D eigenvalue weighted by atomic mass is 10.1. The van der Waals surface area contributed by atoms with Crippen molar-refractivity contribution in [3.63, 3.8) is 0 Å². The highest BCUT2D eigenvalue weighted by molar-refractivity contribution is 7.89. The minimum absolute atomic E-state index is 0.0964. The minimum Gasteiger partial charge on any atom is -0.316 e. The summed E-state index contributed by atoms with van der Waals surface area (Å²) in [6, 6.07) is 3.45. The van der Waals surface area contributed by atoms with Crippen molar-refractivity contribution in [1.29, 1.82) is 0 Å². The topological polar surface area (TPSA) is 49.4 Å². The molecule has 4 nitrogen and oxygen atoms in total. The molecule has 1 N–H and O–H groups in total. The first-order chi connectivity index (χ1) is 9.91. The van der Waals surface area contributed by atoms with Crippen molar-refractivity contribution in [2.45, 2.75) is 37.2 Å². The highest BCUT2D eigenvalue weighted by atomic mass is 35.5. The molecule has 0 atom stereocenters. The fourth-order valence-electron chi connectivity index (χ4n) is 2.41. The summed E-state index contributed by atoms with van der Waals surface area (Å²) in [5.41, 5.74) is 1.65. The number of nitrogens with zero attached hydrogens (tertiary/aromatic N) is 1. The van der Waals surface area contributed by atoms with Crippen LogP contribution in [0.4, 0.5) is 0 Å². The first-order valence-electron chi connectivity index (χ1n) is 6.98. The maximum absolute atomic E-state index is 12.9. The Bertz CT molecular complexity index is 639. The van der Waals surface area contributed by atoms with Crippen LogP contribution in [0, 0.1) is 6.92 Å². The predicted molar refractivity (Wildman–Crippen MR) is 86.1 cm³/mol. The van der Waals surface area contributed by atoms with Crippen LogP contribution in [-0.2, 0) is 16.6 Å². The van der Waals surface area contributed by atoms with E-state index in [0.29, 0.717) is 23.0 Å². The first kappa shape index (κ1) is 16.5. The summed E-state index contributed by atoms with van der Waals surface area (Å²) in [4.78, 5) is 0.300. The lowest BCUT2D eigenvalue weighted by Crippen LogP contribution is -2.34. The molecule has 0 spiro atoms. The molecule has 0 amide bonds. The Morgan fingerprint density at radius 3 is 2.67 bits per heavy atom. The van der Waals surface area contributed by atoms with Gasteiger partial charge in [0.2, 0.25) is 10.0 Å². The van der Waals surface area contributed by atoms with Gasteiger partial charge in [-0.1, -0.05) is 17.7 Å². The molecule has 0 unspecified atom stereocenters. The third-order valence-corrected chi connectivity index (χ3v) is 5.91. The fourth-order valence-corrected chi connectivity index (χ4v) is 4.67. The summed E-state index contributed by atoms with van der Waals surface area (Å²) < 4.78 is 27.4. The van der Waals surface area contributed by atoms with E-state index in [2.05, 4.69) is 11.9 Å². The van der Waals surface area contributed by atoms with Gasteiger partial charge in [-0.25, -0.2) is 8.42 Å². The minimum atomic E-state index is -3.54. The summed E-state index contributed by atoms with van der Waals surface area (Å²) in [7, 11) is -1.72. The van der Waals surface area contributed by atoms with E-state index in [1.54, 1.807) is 18.2 Å². The summed E-state index contributed by atoms with van der Waals surface area (Å²) in [5, 5.41) is 3.48. The molecular formula is C15H21ClN2O2S. The van der Waals surface area contributed by atoms with Crippen molar-refractivity contribution in [1.82, 2.24) is 9.62 Å². The highest BCUT2D eigenvalue weighted by Gasteiger charge is 2.38. The van der Waals surface area contributed by atoms with Gasteiger partial charge in [0.1, 0.15) is 0 Å². The molecule has 116 valence electrons. The van der Waals surface area contributed by atoms with Crippen molar-refractivity contribution in [3.8, 4) is 0 Å². The second-order valence-electron chi connectivity index (χ2n) is 5.31. The SMILES string of the molecule is C=CCN(C1CC1)S(=O)(=O)c1cc(Cl)cc(CNC)c1C. The van der Waals surface area contributed by atoms with Crippen LogP contribution in [-0.4, -0.2) is 32.4 Å². The number of halogens is 1. The van der Waals surface area contributed by atoms with Crippen molar-refractivity contribution >= 4 is 21.6 Å². The van der Waals surface area contributed by atoms with E-state index >= 15 is 0 Å². The number of rotatable bonds is 7. The fraction of sp³-hybridized carbons (Fsp3) is 0.467. The molecule has 1 aliphatic rings. The van der Waals surface area contributed by atoms with Gasteiger partial charge in [-0.2, -0.15) is 4.31 Å². The molecule has 2 rings (SSSR count). The molecule has 1 aliphatic carbocycles. The normalized spacial score (nSPS) is 15.4.